The number of anilines is 1. The van der Waals surface area contributed by atoms with Crippen LogP contribution in [0.25, 0.3) is 5.69 Å². The average molecular weight is 417 g/mol. The lowest BCUT2D eigenvalue weighted by Crippen LogP contribution is -2.23. The predicted octanol–water partition coefficient (Wildman–Crippen LogP) is 3.23. The van der Waals surface area contributed by atoms with Gasteiger partial charge in [-0.1, -0.05) is 6.07 Å². The number of aryl methyl sites for hydroxylation is 1. The van der Waals surface area contributed by atoms with E-state index >= 15 is 0 Å². The number of nitrogen functional groups attached to an aromatic ring is 1. The Labute approximate surface area is 169 Å². The van der Waals surface area contributed by atoms with Gasteiger partial charge in [-0.15, -0.1) is 0 Å². The van der Waals surface area contributed by atoms with Gasteiger partial charge in [-0.3, -0.25) is 14.7 Å². The second-order valence-electron chi connectivity index (χ2n) is 6.56. The van der Waals surface area contributed by atoms with E-state index in [0.717, 1.165) is 16.8 Å². The van der Waals surface area contributed by atoms with Crippen LogP contribution < -0.4 is 16.7 Å². The first-order valence-corrected chi connectivity index (χ1v) is 8.77. The molecule has 0 atom stereocenters. The maximum Gasteiger partial charge on any atom is 0.416 e. The number of nitrogens with two attached hydrogens (primary N) is 1. The maximum atomic E-state index is 12.8. The predicted molar refractivity (Wildman–Crippen MR) is 107 cm³/mol. The monoisotopic (exact) mass is 417 g/mol. The number of hydrazone groups is 1. The number of hydrogen-bond donors (Lipinski definition) is 3. The average Bonchev–Trinajstić information content (AvgIpc) is 2.99. The van der Waals surface area contributed by atoms with Crippen LogP contribution in [-0.4, -0.2) is 21.4 Å². The molecule has 0 radical (unpaired) electrons. The van der Waals surface area contributed by atoms with Gasteiger partial charge in [0.25, 0.3) is 11.5 Å². The highest BCUT2D eigenvalue weighted by Gasteiger charge is 2.30. The van der Waals surface area contributed by atoms with Crippen molar-refractivity contribution in [3.8, 4) is 5.69 Å². The van der Waals surface area contributed by atoms with Gasteiger partial charge in [0.15, 0.2) is 0 Å². The van der Waals surface area contributed by atoms with E-state index in [1.54, 1.807) is 25.1 Å². The fraction of sp³-hybridized carbons (Fsp3) is 0.150. The smallest absolute Gasteiger partial charge is 0.399 e. The quantitative estimate of drug-likeness (QED) is 0.345. The minimum Gasteiger partial charge on any atom is -0.399 e. The topological polar surface area (TPSA) is 105 Å². The Morgan fingerprint density at radius 3 is 2.43 bits per heavy atom. The number of aromatic nitrogens is 2. The van der Waals surface area contributed by atoms with E-state index in [1.165, 1.54) is 25.1 Å². The molecule has 0 aliphatic rings. The third-order valence-corrected chi connectivity index (χ3v) is 4.36. The number of nitrogens with zero attached hydrogens (tertiary/aromatic N) is 2. The lowest BCUT2D eigenvalue weighted by atomic mass is 10.2. The number of nitrogens with one attached hydrogen (secondary N) is 2. The van der Waals surface area contributed by atoms with Crippen LogP contribution in [0.4, 0.5) is 18.9 Å². The van der Waals surface area contributed by atoms with Crippen LogP contribution in [0.1, 0.15) is 34.1 Å². The van der Waals surface area contributed by atoms with Crippen molar-refractivity contribution in [2.75, 3.05) is 5.73 Å². The van der Waals surface area contributed by atoms with Crippen LogP contribution in [0, 0.1) is 6.92 Å². The molecule has 0 aliphatic carbocycles. The van der Waals surface area contributed by atoms with Crippen molar-refractivity contribution in [2.24, 2.45) is 5.10 Å². The summed E-state index contributed by atoms with van der Waals surface area (Å²) in [5.74, 6) is -0.502. The van der Waals surface area contributed by atoms with Gasteiger partial charge in [-0.05, 0) is 56.3 Å². The number of carbonyl (C=O) groups excluding carboxylic acids is 1. The molecular weight excluding hydrogens is 399 g/mol. The first kappa shape index (κ1) is 20.9. The first-order chi connectivity index (χ1) is 14.1. The number of hydrogen-bond acceptors (Lipinski definition) is 4. The summed E-state index contributed by atoms with van der Waals surface area (Å²) in [5, 5.41) is 6.78. The number of aromatic amines is 1. The number of alkyl halides is 3. The lowest BCUT2D eigenvalue weighted by Gasteiger charge is -2.07. The van der Waals surface area contributed by atoms with Crippen molar-refractivity contribution >= 4 is 17.3 Å². The van der Waals surface area contributed by atoms with Crippen molar-refractivity contribution in [3.63, 3.8) is 0 Å². The molecule has 10 heteroatoms. The highest BCUT2D eigenvalue weighted by Crippen LogP contribution is 2.29. The Morgan fingerprint density at radius 2 is 1.83 bits per heavy atom. The standard InChI is InChI=1S/C20H18F3N5O2/c1-11(25-26-18(29)13-4-3-5-15(24)10-13)17-12(2)27-28(19(17)30)16-8-6-14(7-9-16)20(21,22)23/h3-10,27H,24H2,1-2H3,(H,26,29). The number of carbonyl (C=O) groups is 1. The van der Waals surface area contributed by atoms with Gasteiger partial charge in [0, 0.05) is 16.9 Å². The van der Waals surface area contributed by atoms with Crippen LogP contribution >= 0.6 is 0 Å². The Bertz CT molecular complexity index is 1170. The van der Waals surface area contributed by atoms with E-state index in [1.807, 2.05) is 0 Å². The largest absolute Gasteiger partial charge is 0.416 e. The number of benzene rings is 2. The summed E-state index contributed by atoms with van der Waals surface area (Å²) in [6, 6.07) is 10.5. The van der Waals surface area contributed by atoms with Crippen LogP contribution in [0.3, 0.4) is 0 Å². The molecular formula is C20H18F3N5O2. The third-order valence-electron chi connectivity index (χ3n) is 4.36. The number of halogens is 3. The summed E-state index contributed by atoms with van der Waals surface area (Å²) in [5.41, 5.74) is 8.52. The second kappa shape index (κ2) is 7.90. The summed E-state index contributed by atoms with van der Waals surface area (Å²) in [6.45, 7) is 3.16. The van der Waals surface area contributed by atoms with Crippen LogP contribution in [-0.2, 0) is 6.18 Å². The lowest BCUT2D eigenvalue weighted by molar-refractivity contribution is -0.137. The highest BCUT2D eigenvalue weighted by molar-refractivity contribution is 6.01. The van der Waals surface area contributed by atoms with E-state index in [9.17, 15) is 22.8 Å². The molecule has 0 spiro atoms. The molecule has 3 rings (SSSR count). The van der Waals surface area contributed by atoms with Gasteiger partial charge < -0.3 is 5.73 Å². The summed E-state index contributed by atoms with van der Waals surface area (Å²) in [6.07, 6.45) is -4.47. The SMILES string of the molecule is CC(=NNC(=O)c1cccc(N)c1)c1c(C)[nH]n(-c2ccc(C(F)(F)F)cc2)c1=O. The zero-order valence-corrected chi connectivity index (χ0v) is 16.0. The van der Waals surface area contributed by atoms with Gasteiger partial charge in [-0.25, -0.2) is 10.1 Å². The number of H-pyrrole nitrogens is 1. The number of rotatable bonds is 4. The molecule has 0 unspecified atom stereocenters. The summed E-state index contributed by atoms with van der Waals surface area (Å²) in [4.78, 5) is 25.0. The molecule has 2 aromatic carbocycles. The van der Waals surface area contributed by atoms with E-state index in [-0.39, 0.29) is 17.0 Å². The first-order valence-electron chi connectivity index (χ1n) is 8.77. The molecule has 7 nitrogen and oxygen atoms in total. The minimum atomic E-state index is -4.47. The van der Waals surface area contributed by atoms with Crippen molar-refractivity contribution in [3.05, 3.63) is 81.3 Å². The molecule has 1 amide bonds. The Morgan fingerprint density at radius 1 is 1.17 bits per heavy atom. The molecule has 1 heterocycles. The highest BCUT2D eigenvalue weighted by atomic mass is 19.4. The zero-order valence-electron chi connectivity index (χ0n) is 16.0. The molecule has 1 aromatic heterocycles. The fourth-order valence-electron chi connectivity index (χ4n) is 2.89. The molecule has 3 aromatic rings. The molecule has 0 saturated heterocycles. The number of amides is 1. The third kappa shape index (κ3) is 4.27. The van der Waals surface area contributed by atoms with E-state index in [4.69, 9.17) is 5.73 Å². The van der Waals surface area contributed by atoms with Gasteiger partial charge in [0.1, 0.15) is 0 Å². The maximum absolute atomic E-state index is 12.8. The minimum absolute atomic E-state index is 0.197. The van der Waals surface area contributed by atoms with Crippen LogP contribution in [0.15, 0.2) is 58.4 Å². The van der Waals surface area contributed by atoms with Crippen LogP contribution in [0.5, 0.6) is 0 Å². The normalized spacial score (nSPS) is 12.1. The van der Waals surface area contributed by atoms with Crippen molar-refractivity contribution in [1.29, 1.82) is 0 Å². The Balaban J connectivity index is 1.87. The van der Waals surface area contributed by atoms with Crippen molar-refractivity contribution in [2.45, 2.75) is 20.0 Å². The van der Waals surface area contributed by atoms with Gasteiger partial charge >= 0.3 is 6.18 Å². The molecule has 30 heavy (non-hydrogen) atoms. The molecule has 0 saturated carbocycles. The summed E-state index contributed by atoms with van der Waals surface area (Å²) in [7, 11) is 0. The molecule has 156 valence electrons. The summed E-state index contributed by atoms with van der Waals surface area (Å²) >= 11 is 0. The van der Waals surface area contributed by atoms with Crippen molar-refractivity contribution < 1.29 is 18.0 Å². The molecule has 4 N–H and O–H groups in total. The van der Waals surface area contributed by atoms with E-state index in [2.05, 4.69) is 15.6 Å². The van der Waals surface area contributed by atoms with Gasteiger partial charge in [-0.2, -0.15) is 18.3 Å². The zero-order chi connectivity index (χ0) is 22.1. The van der Waals surface area contributed by atoms with E-state index in [0.29, 0.717) is 16.9 Å². The second-order valence-corrected chi connectivity index (χ2v) is 6.56. The summed E-state index contributed by atoms with van der Waals surface area (Å²) < 4.78 is 39.3. The van der Waals surface area contributed by atoms with Crippen LogP contribution in [0.2, 0.25) is 0 Å². The Hall–Kier alpha value is -3.82. The van der Waals surface area contributed by atoms with Gasteiger partial charge in [0.2, 0.25) is 0 Å². The van der Waals surface area contributed by atoms with Gasteiger partial charge in [0.05, 0.1) is 22.5 Å². The molecule has 0 aliphatic heterocycles. The van der Waals surface area contributed by atoms with Crippen molar-refractivity contribution in [1.82, 2.24) is 15.2 Å². The molecule has 0 bridgehead atoms. The molecule has 0 fully saturated rings. The van der Waals surface area contributed by atoms with E-state index < -0.39 is 23.2 Å². The fourth-order valence-corrected chi connectivity index (χ4v) is 2.89. The Kier molecular flexibility index (Phi) is 5.50.